The molecule has 0 N–H and O–H groups in total. The first-order valence-electron chi connectivity index (χ1n) is 5.19. The molecule has 3 heteroatoms. The second kappa shape index (κ2) is 2.97. The van der Waals surface area contributed by atoms with Crippen LogP contribution in [0.3, 0.4) is 0 Å². The highest BCUT2D eigenvalue weighted by atomic mass is 32.2. The average molecular weight is 202 g/mol. The van der Waals surface area contributed by atoms with Crippen LogP contribution in [0.25, 0.3) is 0 Å². The van der Waals surface area contributed by atoms with Crippen molar-refractivity contribution in [3.63, 3.8) is 0 Å². The molecule has 3 unspecified atom stereocenters. The zero-order chi connectivity index (χ0) is 9.64. The van der Waals surface area contributed by atoms with Crippen LogP contribution in [-0.4, -0.2) is 19.9 Å². The fourth-order valence-corrected chi connectivity index (χ4v) is 4.22. The van der Waals surface area contributed by atoms with Gasteiger partial charge in [0.25, 0.3) is 0 Å². The van der Waals surface area contributed by atoms with Gasteiger partial charge in [-0.05, 0) is 31.1 Å². The molecule has 0 spiro atoms. The van der Waals surface area contributed by atoms with Crippen molar-refractivity contribution in [3.05, 3.63) is 0 Å². The van der Waals surface area contributed by atoms with E-state index in [1.807, 2.05) is 6.92 Å². The zero-order valence-electron chi connectivity index (χ0n) is 8.36. The lowest BCUT2D eigenvalue weighted by Gasteiger charge is -2.51. The van der Waals surface area contributed by atoms with Crippen LogP contribution < -0.4 is 0 Å². The highest BCUT2D eigenvalue weighted by Crippen LogP contribution is 2.53. The smallest absolute Gasteiger partial charge is 0.150 e. The average Bonchev–Trinajstić information content (AvgIpc) is 2.03. The fraction of sp³-hybridized carbons (Fsp3) is 1.00. The Hall–Kier alpha value is -0.0500. The second-order valence-electron chi connectivity index (χ2n) is 4.80. The summed E-state index contributed by atoms with van der Waals surface area (Å²) in [6.45, 7) is 1.89. The van der Waals surface area contributed by atoms with Crippen molar-refractivity contribution in [1.29, 1.82) is 0 Å². The van der Waals surface area contributed by atoms with Crippen LogP contribution in [0.15, 0.2) is 0 Å². The van der Waals surface area contributed by atoms with Gasteiger partial charge in [-0.3, -0.25) is 0 Å². The van der Waals surface area contributed by atoms with Gasteiger partial charge in [-0.25, -0.2) is 8.42 Å². The van der Waals surface area contributed by atoms with Gasteiger partial charge in [0, 0.05) is 6.26 Å². The minimum Gasteiger partial charge on any atom is -0.229 e. The van der Waals surface area contributed by atoms with E-state index in [1.165, 1.54) is 31.9 Å². The van der Waals surface area contributed by atoms with Gasteiger partial charge in [-0.15, -0.1) is 0 Å². The Morgan fingerprint density at radius 2 is 1.77 bits per heavy atom. The Labute approximate surface area is 80.6 Å². The van der Waals surface area contributed by atoms with Crippen molar-refractivity contribution in [2.24, 2.45) is 17.8 Å². The monoisotopic (exact) mass is 202 g/mol. The van der Waals surface area contributed by atoms with Crippen LogP contribution in [-0.2, 0) is 9.84 Å². The summed E-state index contributed by atoms with van der Waals surface area (Å²) in [6.07, 6.45) is 6.53. The van der Waals surface area contributed by atoms with E-state index in [2.05, 4.69) is 0 Å². The molecule has 2 bridgehead atoms. The van der Waals surface area contributed by atoms with Crippen LogP contribution in [0, 0.1) is 17.8 Å². The van der Waals surface area contributed by atoms with Gasteiger partial charge in [0.1, 0.15) is 9.84 Å². The van der Waals surface area contributed by atoms with Crippen molar-refractivity contribution in [2.75, 3.05) is 6.26 Å². The first kappa shape index (κ1) is 9.50. The van der Waals surface area contributed by atoms with Crippen molar-refractivity contribution in [1.82, 2.24) is 0 Å². The predicted molar refractivity (Wildman–Crippen MR) is 53.2 cm³/mol. The molecule has 0 amide bonds. The number of rotatable bonds is 2. The van der Waals surface area contributed by atoms with E-state index in [9.17, 15) is 8.42 Å². The normalized spacial score (nSPS) is 40.9. The Kier molecular flexibility index (Phi) is 2.17. The maximum atomic E-state index is 11.4. The van der Waals surface area contributed by atoms with E-state index < -0.39 is 9.84 Å². The molecule has 0 heterocycles. The number of hydrogen-bond acceptors (Lipinski definition) is 2. The molecule has 0 aromatic carbocycles. The molecule has 3 rings (SSSR count). The molecule has 13 heavy (non-hydrogen) atoms. The molecular formula is C10H18O2S. The van der Waals surface area contributed by atoms with E-state index >= 15 is 0 Å². The highest BCUT2D eigenvalue weighted by molar-refractivity contribution is 7.91. The third-order valence-electron chi connectivity index (χ3n) is 4.06. The summed E-state index contributed by atoms with van der Waals surface area (Å²) in [5.74, 6) is 1.94. The van der Waals surface area contributed by atoms with Crippen LogP contribution >= 0.6 is 0 Å². The predicted octanol–water partition coefficient (Wildman–Crippen LogP) is 1.86. The van der Waals surface area contributed by atoms with E-state index in [-0.39, 0.29) is 5.25 Å². The van der Waals surface area contributed by atoms with E-state index in [0.717, 1.165) is 11.8 Å². The van der Waals surface area contributed by atoms with E-state index in [1.54, 1.807) is 0 Å². The van der Waals surface area contributed by atoms with E-state index in [0.29, 0.717) is 5.92 Å². The molecule has 0 saturated heterocycles. The molecule has 76 valence electrons. The molecule has 3 atom stereocenters. The first-order chi connectivity index (χ1) is 6.00. The molecule has 0 radical (unpaired) electrons. The van der Waals surface area contributed by atoms with E-state index in [4.69, 9.17) is 0 Å². The SMILES string of the molecule is CC(C1C2CCCC1C2)S(C)(=O)=O. The van der Waals surface area contributed by atoms with Gasteiger partial charge in [0.15, 0.2) is 0 Å². The van der Waals surface area contributed by atoms with Crippen LogP contribution in [0.4, 0.5) is 0 Å². The van der Waals surface area contributed by atoms with Crippen molar-refractivity contribution < 1.29 is 8.42 Å². The lowest BCUT2D eigenvalue weighted by atomic mass is 9.56. The second-order valence-corrected chi connectivity index (χ2v) is 7.20. The third-order valence-corrected chi connectivity index (χ3v) is 5.73. The van der Waals surface area contributed by atoms with Gasteiger partial charge in [0.05, 0.1) is 5.25 Å². The summed E-state index contributed by atoms with van der Waals surface area (Å²) in [5, 5.41) is -0.100. The molecule has 0 aliphatic heterocycles. The molecule has 3 aliphatic carbocycles. The van der Waals surface area contributed by atoms with Crippen LogP contribution in [0.1, 0.15) is 32.6 Å². The van der Waals surface area contributed by atoms with Gasteiger partial charge in [0.2, 0.25) is 0 Å². The van der Waals surface area contributed by atoms with Crippen molar-refractivity contribution in [2.45, 2.75) is 37.9 Å². The summed E-state index contributed by atoms with van der Waals surface area (Å²) < 4.78 is 22.8. The topological polar surface area (TPSA) is 34.1 Å². The summed E-state index contributed by atoms with van der Waals surface area (Å²) in [6, 6.07) is 0. The minimum absolute atomic E-state index is 0.100. The van der Waals surface area contributed by atoms with Gasteiger partial charge in [-0.1, -0.05) is 19.3 Å². The van der Waals surface area contributed by atoms with Crippen LogP contribution in [0.5, 0.6) is 0 Å². The van der Waals surface area contributed by atoms with Gasteiger partial charge in [-0.2, -0.15) is 0 Å². The Morgan fingerprint density at radius 1 is 1.23 bits per heavy atom. The lowest BCUT2D eigenvalue weighted by molar-refractivity contribution is 0.0144. The Bertz CT molecular complexity index is 280. The summed E-state index contributed by atoms with van der Waals surface area (Å²) in [5.41, 5.74) is 0. The molecule has 3 saturated carbocycles. The highest BCUT2D eigenvalue weighted by Gasteiger charge is 2.48. The van der Waals surface area contributed by atoms with Crippen LogP contribution in [0.2, 0.25) is 0 Å². The van der Waals surface area contributed by atoms with Crippen molar-refractivity contribution in [3.8, 4) is 0 Å². The van der Waals surface area contributed by atoms with Gasteiger partial charge < -0.3 is 0 Å². The van der Waals surface area contributed by atoms with Gasteiger partial charge >= 0.3 is 0 Å². The summed E-state index contributed by atoms with van der Waals surface area (Å²) >= 11 is 0. The molecule has 3 aliphatic rings. The first-order valence-corrected chi connectivity index (χ1v) is 7.14. The minimum atomic E-state index is -2.80. The number of sulfone groups is 1. The molecule has 0 aromatic rings. The summed E-state index contributed by atoms with van der Waals surface area (Å²) in [4.78, 5) is 0. The Balaban J connectivity index is 2.10. The standard InChI is InChI=1S/C10H18O2S/c1-7(13(2,11)12)10-8-4-3-5-9(10)6-8/h7-10H,3-6H2,1-2H3. The lowest BCUT2D eigenvalue weighted by Crippen LogP contribution is -2.48. The van der Waals surface area contributed by atoms with Crippen molar-refractivity contribution >= 4 is 9.84 Å². The number of fused-ring (bicyclic) bond motifs is 2. The maximum absolute atomic E-state index is 11.4. The fourth-order valence-electron chi connectivity index (χ4n) is 3.21. The molecule has 2 nitrogen and oxygen atoms in total. The Morgan fingerprint density at radius 3 is 2.15 bits per heavy atom. The summed E-state index contributed by atoms with van der Waals surface area (Å²) in [7, 11) is -2.80. The molecule has 0 aromatic heterocycles. The number of hydrogen-bond donors (Lipinski definition) is 0. The molecular weight excluding hydrogens is 184 g/mol. The quantitative estimate of drug-likeness (QED) is 0.685. The molecule has 3 fully saturated rings. The largest absolute Gasteiger partial charge is 0.229 e. The maximum Gasteiger partial charge on any atom is 0.150 e. The third kappa shape index (κ3) is 1.51. The zero-order valence-corrected chi connectivity index (χ0v) is 9.18.